The molecule has 2 amide bonds. The van der Waals surface area contributed by atoms with E-state index in [1.54, 1.807) is 48.2 Å². The van der Waals surface area contributed by atoms with E-state index in [-0.39, 0.29) is 24.3 Å². The summed E-state index contributed by atoms with van der Waals surface area (Å²) in [5.41, 5.74) is 1.46. The van der Waals surface area contributed by atoms with Crippen molar-refractivity contribution >= 4 is 23.5 Å². The van der Waals surface area contributed by atoms with Crippen molar-refractivity contribution in [3.8, 4) is 0 Å². The number of likely N-dealkylation sites (tertiary alicyclic amines) is 1. The topological polar surface area (TPSA) is 75.7 Å². The third-order valence-corrected chi connectivity index (χ3v) is 4.85. The number of hydrogen-bond acceptors (Lipinski definition) is 4. The first-order chi connectivity index (χ1) is 13.6. The molecule has 0 aliphatic carbocycles. The summed E-state index contributed by atoms with van der Waals surface area (Å²) in [4.78, 5) is 39.0. The molecule has 0 aromatic heterocycles. The van der Waals surface area contributed by atoms with Gasteiger partial charge >= 0.3 is 5.97 Å². The van der Waals surface area contributed by atoms with E-state index >= 15 is 0 Å². The van der Waals surface area contributed by atoms with Crippen molar-refractivity contribution in [2.45, 2.75) is 19.8 Å². The number of anilines is 1. The van der Waals surface area contributed by atoms with Crippen molar-refractivity contribution < 1.29 is 19.1 Å². The first-order valence-electron chi connectivity index (χ1n) is 9.51. The molecule has 2 aromatic rings. The minimum Gasteiger partial charge on any atom is -0.462 e. The summed E-state index contributed by atoms with van der Waals surface area (Å²) in [7, 11) is 0. The Morgan fingerprint density at radius 2 is 1.64 bits per heavy atom. The van der Waals surface area contributed by atoms with E-state index in [1.807, 2.05) is 18.2 Å². The molecule has 1 aliphatic rings. The molecule has 0 unspecified atom stereocenters. The van der Waals surface area contributed by atoms with Crippen LogP contribution in [0.15, 0.2) is 54.6 Å². The number of nitrogens with zero attached hydrogens (tertiary/aromatic N) is 1. The quantitative estimate of drug-likeness (QED) is 0.807. The van der Waals surface area contributed by atoms with Crippen LogP contribution in [0.25, 0.3) is 0 Å². The molecular weight excluding hydrogens is 356 g/mol. The van der Waals surface area contributed by atoms with Gasteiger partial charge in [-0.1, -0.05) is 30.3 Å². The predicted molar refractivity (Wildman–Crippen MR) is 106 cm³/mol. The number of ether oxygens (including phenoxy) is 1. The van der Waals surface area contributed by atoms with Crippen molar-refractivity contribution in [2.24, 2.45) is 5.92 Å². The fraction of sp³-hybridized carbons (Fsp3) is 0.318. The van der Waals surface area contributed by atoms with Crippen LogP contribution >= 0.6 is 0 Å². The maximum Gasteiger partial charge on any atom is 0.340 e. The average molecular weight is 380 g/mol. The van der Waals surface area contributed by atoms with Gasteiger partial charge in [-0.05, 0) is 44.0 Å². The lowest BCUT2D eigenvalue weighted by atomic mass is 9.95. The minimum absolute atomic E-state index is 0.00730. The third kappa shape index (κ3) is 4.57. The van der Waals surface area contributed by atoms with Crippen molar-refractivity contribution in [2.75, 3.05) is 25.0 Å². The van der Waals surface area contributed by atoms with E-state index < -0.39 is 5.97 Å². The lowest BCUT2D eigenvalue weighted by Gasteiger charge is -2.31. The smallest absolute Gasteiger partial charge is 0.340 e. The van der Waals surface area contributed by atoms with Gasteiger partial charge in [-0.3, -0.25) is 9.59 Å². The number of para-hydroxylation sites is 1. The Labute approximate surface area is 164 Å². The van der Waals surface area contributed by atoms with Gasteiger partial charge in [0.05, 0.1) is 17.9 Å². The number of benzene rings is 2. The molecule has 1 heterocycles. The van der Waals surface area contributed by atoms with E-state index in [2.05, 4.69) is 5.32 Å². The Morgan fingerprint density at radius 1 is 1.00 bits per heavy atom. The Bertz CT molecular complexity index is 843. The molecule has 2 aromatic carbocycles. The lowest BCUT2D eigenvalue weighted by molar-refractivity contribution is -0.121. The van der Waals surface area contributed by atoms with E-state index in [0.29, 0.717) is 42.7 Å². The molecule has 3 rings (SSSR count). The zero-order valence-corrected chi connectivity index (χ0v) is 15.9. The number of piperidine rings is 1. The SMILES string of the molecule is CCOC(=O)c1ccccc1NC(=O)C1CCN(C(=O)c2ccccc2)CC1. The van der Waals surface area contributed by atoms with E-state index in [4.69, 9.17) is 4.74 Å². The molecule has 6 heteroatoms. The molecule has 28 heavy (non-hydrogen) atoms. The summed E-state index contributed by atoms with van der Waals surface area (Å²) in [5, 5.41) is 2.85. The Morgan fingerprint density at radius 3 is 2.32 bits per heavy atom. The summed E-state index contributed by atoms with van der Waals surface area (Å²) >= 11 is 0. The Hall–Kier alpha value is -3.15. The molecule has 146 valence electrons. The molecule has 0 radical (unpaired) electrons. The molecule has 1 fully saturated rings. The van der Waals surface area contributed by atoms with Crippen LogP contribution in [-0.2, 0) is 9.53 Å². The first kappa shape index (κ1) is 19.6. The standard InChI is InChI=1S/C22H24N2O4/c1-2-28-22(27)18-10-6-7-11-19(18)23-20(25)16-12-14-24(15-13-16)21(26)17-8-4-3-5-9-17/h3-11,16H,2,12-15H2,1H3,(H,23,25). The normalized spacial score (nSPS) is 14.4. The highest BCUT2D eigenvalue weighted by Gasteiger charge is 2.28. The first-order valence-corrected chi connectivity index (χ1v) is 9.51. The van der Waals surface area contributed by atoms with Crippen LogP contribution in [-0.4, -0.2) is 42.4 Å². The molecule has 1 saturated heterocycles. The van der Waals surface area contributed by atoms with Crippen LogP contribution in [0.4, 0.5) is 5.69 Å². The van der Waals surface area contributed by atoms with Gasteiger partial charge in [-0.2, -0.15) is 0 Å². The largest absolute Gasteiger partial charge is 0.462 e. The molecule has 0 atom stereocenters. The van der Waals surface area contributed by atoms with Crippen LogP contribution in [0.2, 0.25) is 0 Å². The summed E-state index contributed by atoms with van der Waals surface area (Å²) < 4.78 is 5.04. The van der Waals surface area contributed by atoms with Gasteiger partial charge in [0.25, 0.3) is 5.91 Å². The molecule has 0 bridgehead atoms. The number of carbonyl (C=O) groups is 3. The third-order valence-electron chi connectivity index (χ3n) is 4.85. The van der Waals surface area contributed by atoms with Crippen LogP contribution in [0.5, 0.6) is 0 Å². The zero-order valence-electron chi connectivity index (χ0n) is 15.9. The van der Waals surface area contributed by atoms with Gasteiger partial charge in [0.1, 0.15) is 0 Å². The number of nitrogens with one attached hydrogen (secondary N) is 1. The molecule has 1 N–H and O–H groups in total. The van der Waals surface area contributed by atoms with Crippen molar-refractivity contribution in [1.82, 2.24) is 4.90 Å². The van der Waals surface area contributed by atoms with Gasteiger partial charge in [-0.15, -0.1) is 0 Å². The Kier molecular flexibility index (Phi) is 6.42. The van der Waals surface area contributed by atoms with Gasteiger partial charge in [-0.25, -0.2) is 4.79 Å². The predicted octanol–water partition coefficient (Wildman–Crippen LogP) is 3.35. The summed E-state index contributed by atoms with van der Waals surface area (Å²) in [5.74, 6) is -0.799. The van der Waals surface area contributed by atoms with Crippen LogP contribution in [0.3, 0.4) is 0 Å². The summed E-state index contributed by atoms with van der Waals surface area (Å²) in [6.45, 7) is 3.08. The Balaban J connectivity index is 1.59. The second kappa shape index (κ2) is 9.17. The number of carbonyl (C=O) groups excluding carboxylic acids is 3. The number of hydrogen-bond donors (Lipinski definition) is 1. The van der Waals surface area contributed by atoms with Crippen LogP contribution < -0.4 is 5.32 Å². The zero-order chi connectivity index (χ0) is 19.9. The fourth-order valence-electron chi connectivity index (χ4n) is 3.32. The van der Waals surface area contributed by atoms with Gasteiger partial charge in [0, 0.05) is 24.6 Å². The lowest BCUT2D eigenvalue weighted by Crippen LogP contribution is -2.41. The molecule has 1 aliphatic heterocycles. The summed E-state index contributed by atoms with van der Waals surface area (Å²) in [6, 6.07) is 16.0. The van der Waals surface area contributed by atoms with E-state index in [9.17, 15) is 14.4 Å². The second-order valence-corrected chi connectivity index (χ2v) is 6.69. The van der Waals surface area contributed by atoms with Crippen molar-refractivity contribution in [1.29, 1.82) is 0 Å². The fourth-order valence-corrected chi connectivity index (χ4v) is 3.32. The summed E-state index contributed by atoms with van der Waals surface area (Å²) in [6.07, 6.45) is 1.18. The van der Waals surface area contributed by atoms with Crippen LogP contribution in [0.1, 0.15) is 40.5 Å². The molecule has 0 spiro atoms. The number of rotatable bonds is 5. The second-order valence-electron chi connectivity index (χ2n) is 6.69. The van der Waals surface area contributed by atoms with Crippen LogP contribution in [0, 0.1) is 5.92 Å². The van der Waals surface area contributed by atoms with Gasteiger partial charge in [0.15, 0.2) is 0 Å². The number of amides is 2. The van der Waals surface area contributed by atoms with Gasteiger partial charge < -0.3 is 15.0 Å². The molecular formula is C22H24N2O4. The highest BCUT2D eigenvalue weighted by molar-refractivity contribution is 6.02. The minimum atomic E-state index is -0.457. The number of esters is 1. The molecule has 0 saturated carbocycles. The maximum atomic E-state index is 12.7. The van der Waals surface area contributed by atoms with E-state index in [0.717, 1.165) is 0 Å². The molecule has 6 nitrogen and oxygen atoms in total. The highest BCUT2D eigenvalue weighted by atomic mass is 16.5. The maximum absolute atomic E-state index is 12.7. The van der Waals surface area contributed by atoms with E-state index in [1.165, 1.54) is 0 Å². The monoisotopic (exact) mass is 380 g/mol. The van der Waals surface area contributed by atoms with Crippen molar-refractivity contribution in [3.05, 3.63) is 65.7 Å². The van der Waals surface area contributed by atoms with Crippen molar-refractivity contribution in [3.63, 3.8) is 0 Å². The van der Waals surface area contributed by atoms with Gasteiger partial charge in [0.2, 0.25) is 5.91 Å². The average Bonchev–Trinajstić information content (AvgIpc) is 2.74. The highest BCUT2D eigenvalue weighted by Crippen LogP contribution is 2.23.